The zero-order valence-corrected chi connectivity index (χ0v) is 6.84. The highest BCUT2D eigenvalue weighted by Crippen LogP contribution is 2.17. The third-order valence-electron chi connectivity index (χ3n) is 1.32. The van der Waals surface area contributed by atoms with E-state index in [-0.39, 0.29) is 5.75 Å². The van der Waals surface area contributed by atoms with E-state index in [1.807, 2.05) is 0 Å². The van der Waals surface area contributed by atoms with Gasteiger partial charge in [-0.05, 0) is 12.1 Å². The summed E-state index contributed by atoms with van der Waals surface area (Å²) in [5.41, 5.74) is 0.566. The minimum Gasteiger partial charge on any atom is -0.507 e. The lowest BCUT2D eigenvalue weighted by molar-refractivity contribution is 0.474. The summed E-state index contributed by atoms with van der Waals surface area (Å²) < 4.78 is 0. The molecular weight excluding hydrogens is 162 g/mol. The van der Waals surface area contributed by atoms with Crippen LogP contribution in [0.3, 0.4) is 0 Å². The molecule has 0 saturated heterocycles. The van der Waals surface area contributed by atoms with Gasteiger partial charge < -0.3 is 5.11 Å². The molecule has 0 aliphatic heterocycles. The van der Waals surface area contributed by atoms with Gasteiger partial charge in [0, 0.05) is 7.05 Å². The van der Waals surface area contributed by atoms with Gasteiger partial charge in [-0.15, -0.1) is 0 Å². The normalized spacial score (nSPS) is 11.6. The number of para-hydroxylation sites is 1. The Morgan fingerprint density at radius 2 is 2.09 bits per heavy atom. The molecule has 1 N–H and O–H groups in total. The summed E-state index contributed by atoms with van der Waals surface area (Å²) in [5.74, 6) is 0.156. The van der Waals surface area contributed by atoms with Gasteiger partial charge in [0.2, 0.25) is 0 Å². The Balaban J connectivity index is 3.14. The Labute approximate surface area is 70.2 Å². The van der Waals surface area contributed by atoms with E-state index in [2.05, 4.69) is 4.99 Å². The second-order valence-corrected chi connectivity index (χ2v) is 2.39. The molecule has 2 nitrogen and oxygen atoms in total. The van der Waals surface area contributed by atoms with Crippen molar-refractivity contribution >= 4 is 16.8 Å². The van der Waals surface area contributed by atoms with E-state index >= 15 is 0 Å². The first kappa shape index (κ1) is 8.08. The van der Waals surface area contributed by atoms with Crippen LogP contribution in [0.4, 0.5) is 0 Å². The Morgan fingerprint density at radius 3 is 2.64 bits per heavy atom. The molecule has 0 heterocycles. The predicted molar refractivity (Wildman–Crippen MR) is 46.4 cm³/mol. The smallest absolute Gasteiger partial charge is 0.134 e. The lowest BCUT2D eigenvalue weighted by Gasteiger charge is -1.99. The highest BCUT2D eigenvalue weighted by Gasteiger charge is 2.02. The van der Waals surface area contributed by atoms with Crippen molar-refractivity contribution in [1.29, 1.82) is 0 Å². The molecule has 0 amide bonds. The van der Waals surface area contributed by atoms with Crippen molar-refractivity contribution in [1.82, 2.24) is 0 Å². The zero-order chi connectivity index (χ0) is 8.27. The number of benzene rings is 1. The maximum Gasteiger partial charge on any atom is 0.134 e. The van der Waals surface area contributed by atoms with Gasteiger partial charge in [-0.25, -0.2) is 0 Å². The molecule has 0 spiro atoms. The third kappa shape index (κ3) is 1.71. The maximum absolute atomic E-state index is 9.25. The summed E-state index contributed by atoms with van der Waals surface area (Å²) in [4.78, 5) is 3.74. The number of aliphatic imine (C=N–C) groups is 1. The third-order valence-corrected chi connectivity index (χ3v) is 1.70. The number of phenolic OH excluding ortho intramolecular Hbond substituents is 1. The summed E-state index contributed by atoms with van der Waals surface area (Å²) in [7, 11) is 1.58. The molecule has 1 aromatic rings. The second kappa shape index (κ2) is 3.39. The van der Waals surface area contributed by atoms with Gasteiger partial charge in [-0.1, -0.05) is 23.7 Å². The summed E-state index contributed by atoms with van der Waals surface area (Å²) in [5, 5.41) is 9.57. The van der Waals surface area contributed by atoms with Crippen molar-refractivity contribution in [2.24, 2.45) is 4.99 Å². The second-order valence-electron chi connectivity index (χ2n) is 2.03. The molecule has 0 atom stereocenters. The molecule has 1 rings (SSSR count). The zero-order valence-electron chi connectivity index (χ0n) is 6.08. The van der Waals surface area contributed by atoms with Crippen LogP contribution < -0.4 is 0 Å². The summed E-state index contributed by atoms with van der Waals surface area (Å²) in [6.45, 7) is 0. The van der Waals surface area contributed by atoms with Crippen LogP contribution in [0.2, 0.25) is 0 Å². The SMILES string of the molecule is CN=C(Cl)c1ccccc1O. The van der Waals surface area contributed by atoms with Crippen LogP contribution in [0.5, 0.6) is 5.75 Å². The number of nitrogens with zero attached hydrogens (tertiary/aromatic N) is 1. The maximum atomic E-state index is 9.25. The fraction of sp³-hybridized carbons (Fsp3) is 0.125. The molecular formula is C8H8ClNO. The molecule has 0 aliphatic carbocycles. The van der Waals surface area contributed by atoms with Gasteiger partial charge in [0.15, 0.2) is 0 Å². The Hall–Kier alpha value is -1.02. The first-order valence-electron chi connectivity index (χ1n) is 3.16. The summed E-state index contributed by atoms with van der Waals surface area (Å²) in [6, 6.07) is 6.81. The van der Waals surface area contributed by atoms with Gasteiger partial charge in [-0.2, -0.15) is 0 Å². The van der Waals surface area contributed by atoms with Crippen molar-refractivity contribution in [3.63, 3.8) is 0 Å². The largest absolute Gasteiger partial charge is 0.507 e. The van der Waals surface area contributed by atoms with E-state index < -0.39 is 0 Å². The average Bonchev–Trinajstić information content (AvgIpc) is 2.04. The number of phenols is 1. The topological polar surface area (TPSA) is 32.6 Å². The van der Waals surface area contributed by atoms with Gasteiger partial charge in [0.05, 0.1) is 5.56 Å². The van der Waals surface area contributed by atoms with E-state index in [1.165, 1.54) is 0 Å². The number of rotatable bonds is 1. The number of hydrogen-bond acceptors (Lipinski definition) is 2. The van der Waals surface area contributed by atoms with Crippen molar-refractivity contribution in [2.45, 2.75) is 0 Å². The van der Waals surface area contributed by atoms with Crippen LogP contribution in [0, 0.1) is 0 Å². The van der Waals surface area contributed by atoms with Crippen molar-refractivity contribution < 1.29 is 5.11 Å². The first-order valence-corrected chi connectivity index (χ1v) is 3.54. The van der Waals surface area contributed by atoms with Crippen LogP contribution in [-0.4, -0.2) is 17.3 Å². The molecule has 0 bridgehead atoms. The number of aromatic hydroxyl groups is 1. The number of halogens is 1. The molecule has 1 aromatic carbocycles. The van der Waals surface area contributed by atoms with Crippen molar-refractivity contribution in [3.05, 3.63) is 29.8 Å². The molecule has 0 unspecified atom stereocenters. The van der Waals surface area contributed by atoms with Gasteiger partial charge >= 0.3 is 0 Å². The fourth-order valence-corrected chi connectivity index (χ4v) is 0.928. The van der Waals surface area contributed by atoms with Crippen LogP contribution in [0.1, 0.15) is 5.56 Å². The molecule has 0 saturated carbocycles. The van der Waals surface area contributed by atoms with Crippen LogP contribution in [0.25, 0.3) is 0 Å². The van der Waals surface area contributed by atoms with Crippen LogP contribution in [0.15, 0.2) is 29.3 Å². The predicted octanol–water partition coefficient (Wildman–Crippen LogP) is 2.01. The highest BCUT2D eigenvalue weighted by atomic mass is 35.5. The minimum absolute atomic E-state index is 0.156. The molecule has 3 heteroatoms. The van der Waals surface area contributed by atoms with Crippen LogP contribution >= 0.6 is 11.6 Å². The van der Waals surface area contributed by atoms with E-state index in [0.717, 1.165) is 0 Å². The number of hydrogen-bond donors (Lipinski definition) is 1. The molecule has 0 aliphatic rings. The van der Waals surface area contributed by atoms with Gasteiger partial charge in [0.1, 0.15) is 10.9 Å². The summed E-state index contributed by atoms with van der Waals surface area (Å²) in [6.07, 6.45) is 0. The van der Waals surface area contributed by atoms with Crippen molar-refractivity contribution in [3.8, 4) is 5.75 Å². The Morgan fingerprint density at radius 1 is 1.45 bits per heavy atom. The van der Waals surface area contributed by atoms with E-state index in [9.17, 15) is 5.11 Å². The Kier molecular flexibility index (Phi) is 2.49. The molecule has 0 fully saturated rings. The standard InChI is InChI=1S/C8H8ClNO/c1-10-8(9)6-4-2-3-5-7(6)11/h2-5,11H,1H3. The lowest BCUT2D eigenvalue weighted by atomic mass is 10.2. The van der Waals surface area contributed by atoms with E-state index in [4.69, 9.17) is 11.6 Å². The quantitative estimate of drug-likeness (QED) is 0.641. The van der Waals surface area contributed by atoms with Crippen molar-refractivity contribution in [2.75, 3.05) is 7.05 Å². The highest BCUT2D eigenvalue weighted by molar-refractivity contribution is 6.69. The monoisotopic (exact) mass is 169 g/mol. The molecule has 11 heavy (non-hydrogen) atoms. The van der Waals surface area contributed by atoms with E-state index in [1.54, 1.807) is 31.3 Å². The fourth-order valence-electron chi connectivity index (χ4n) is 0.769. The molecule has 58 valence electrons. The first-order chi connectivity index (χ1) is 5.25. The van der Waals surface area contributed by atoms with Crippen LogP contribution in [-0.2, 0) is 0 Å². The Bertz CT molecular complexity index is 283. The lowest BCUT2D eigenvalue weighted by Crippen LogP contribution is -1.90. The summed E-state index contributed by atoms with van der Waals surface area (Å²) >= 11 is 5.69. The van der Waals surface area contributed by atoms with E-state index in [0.29, 0.717) is 10.7 Å². The molecule has 0 aromatic heterocycles. The average molecular weight is 170 g/mol. The van der Waals surface area contributed by atoms with Gasteiger partial charge in [-0.3, -0.25) is 4.99 Å². The minimum atomic E-state index is 0.156. The molecule has 0 radical (unpaired) electrons. The van der Waals surface area contributed by atoms with Gasteiger partial charge in [0.25, 0.3) is 0 Å².